The van der Waals surface area contributed by atoms with Crippen LogP contribution in [0, 0.1) is 5.92 Å². The van der Waals surface area contributed by atoms with Crippen molar-refractivity contribution in [3.63, 3.8) is 0 Å². The van der Waals surface area contributed by atoms with Gasteiger partial charge in [-0.15, -0.1) is 0 Å². The first kappa shape index (κ1) is 18.2. The van der Waals surface area contributed by atoms with Crippen molar-refractivity contribution >= 4 is 24.8 Å². The SMILES string of the molecule is O=C(CCC(=O)C1CC1)N[C@@H](Cc1cccc(C(=O)O)c1)B(O)O. The highest BCUT2D eigenvalue weighted by molar-refractivity contribution is 6.43. The maximum Gasteiger partial charge on any atom is 0.475 e. The Morgan fingerprint density at radius 3 is 2.50 bits per heavy atom. The van der Waals surface area contributed by atoms with Crippen LogP contribution in [0.2, 0.25) is 0 Å². The second-order valence-corrected chi connectivity index (χ2v) is 6.04. The van der Waals surface area contributed by atoms with Gasteiger partial charge >= 0.3 is 13.1 Å². The van der Waals surface area contributed by atoms with E-state index in [1.54, 1.807) is 12.1 Å². The molecule has 1 fully saturated rings. The summed E-state index contributed by atoms with van der Waals surface area (Å²) in [6.07, 6.45) is 2.00. The Hall–Kier alpha value is -2.19. The van der Waals surface area contributed by atoms with Gasteiger partial charge in [0.15, 0.2) is 0 Å². The van der Waals surface area contributed by atoms with Gasteiger partial charge in [-0.3, -0.25) is 9.59 Å². The van der Waals surface area contributed by atoms with Crippen LogP contribution in [-0.4, -0.2) is 45.9 Å². The molecule has 4 N–H and O–H groups in total. The number of hydrogen-bond donors (Lipinski definition) is 4. The molecule has 24 heavy (non-hydrogen) atoms. The molecule has 0 aromatic heterocycles. The van der Waals surface area contributed by atoms with E-state index in [-0.39, 0.29) is 36.5 Å². The number of Topliss-reactive ketones (excluding diaryl/α,β-unsaturated/α-hetero) is 1. The highest BCUT2D eigenvalue weighted by Gasteiger charge is 2.30. The number of carbonyl (C=O) groups excluding carboxylic acids is 2. The van der Waals surface area contributed by atoms with Crippen molar-refractivity contribution in [1.29, 1.82) is 0 Å². The molecule has 0 bridgehead atoms. The third kappa shape index (κ3) is 5.47. The van der Waals surface area contributed by atoms with Crippen molar-refractivity contribution in [1.82, 2.24) is 5.32 Å². The molecule has 8 heteroatoms. The molecule has 0 saturated heterocycles. The molecule has 1 aliphatic rings. The van der Waals surface area contributed by atoms with Crippen LogP contribution < -0.4 is 5.32 Å². The highest BCUT2D eigenvalue weighted by atomic mass is 16.4. The Morgan fingerprint density at radius 1 is 1.21 bits per heavy atom. The number of hydrogen-bond acceptors (Lipinski definition) is 5. The van der Waals surface area contributed by atoms with E-state index >= 15 is 0 Å². The van der Waals surface area contributed by atoms with Gasteiger partial charge in [-0.05, 0) is 37.0 Å². The smallest absolute Gasteiger partial charge is 0.475 e. The highest BCUT2D eigenvalue weighted by Crippen LogP contribution is 2.31. The topological polar surface area (TPSA) is 124 Å². The molecule has 2 rings (SSSR count). The number of nitrogens with one attached hydrogen (secondary N) is 1. The fraction of sp³-hybridized carbons (Fsp3) is 0.438. The van der Waals surface area contributed by atoms with E-state index in [1.165, 1.54) is 12.1 Å². The molecule has 128 valence electrons. The zero-order chi connectivity index (χ0) is 17.7. The van der Waals surface area contributed by atoms with E-state index in [2.05, 4.69) is 5.32 Å². The van der Waals surface area contributed by atoms with Crippen LogP contribution in [-0.2, 0) is 16.0 Å². The molecule has 0 heterocycles. The van der Waals surface area contributed by atoms with Crippen LogP contribution in [0.1, 0.15) is 41.6 Å². The summed E-state index contributed by atoms with van der Waals surface area (Å²) >= 11 is 0. The number of amides is 1. The average molecular weight is 333 g/mol. The number of carbonyl (C=O) groups is 3. The normalized spacial score (nSPS) is 14.8. The lowest BCUT2D eigenvalue weighted by Gasteiger charge is -2.18. The van der Waals surface area contributed by atoms with Gasteiger partial charge in [-0.1, -0.05) is 12.1 Å². The molecule has 0 spiro atoms. The van der Waals surface area contributed by atoms with Gasteiger partial charge in [0.1, 0.15) is 5.78 Å². The van der Waals surface area contributed by atoms with E-state index in [1.807, 2.05) is 0 Å². The minimum Gasteiger partial charge on any atom is -0.478 e. The summed E-state index contributed by atoms with van der Waals surface area (Å²) in [6.45, 7) is 0. The number of ketones is 1. The Labute approximate surface area is 139 Å². The van der Waals surface area contributed by atoms with Crippen molar-refractivity contribution in [2.75, 3.05) is 0 Å². The Bertz CT molecular complexity index is 629. The fourth-order valence-corrected chi connectivity index (χ4v) is 2.44. The summed E-state index contributed by atoms with van der Waals surface area (Å²) in [4.78, 5) is 34.4. The quantitative estimate of drug-likeness (QED) is 0.478. The zero-order valence-corrected chi connectivity index (χ0v) is 13.1. The fourth-order valence-electron chi connectivity index (χ4n) is 2.44. The standard InChI is InChI=1S/C16H20BNO6/c19-13(11-4-5-11)6-7-15(20)18-14(17(23)24)9-10-2-1-3-12(8-10)16(21)22/h1-3,8,11,14,23-24H,4-7,9H2,(H,18,20)(H,21,22)/t14-/m0/s1. The summed E-state index contributed by atoms with van der Waals surface area (Å²) in [5.74, 6) is -2.33. The van der Waals surface area contributed by atoms with Crippen LogP contribution in [0.5, 0.6) is 0 Å². The average Bonchev–Trinajstić information content (AvgIpc) is 3.37. The molecule has 0 aliphatic heterocycles. The zero-order valence-electron chi connectivity index (χ0n) is 13.1. The number of benzene rings is 1. The summed E-state index contributed by atoms with van der Waals surface area (Å²) in [6, 6.07) is 6.04. The van der Waals surface area contributed by atoms with Crippen molar-refractivity contribution in [2.24, 2.45) is 5.92 Å². The summed E-state index contributed by atoms with van der Waals surface area (Å²) in [5.41, 5.74) is 0.641. The Balaban J connectivity index is 1.91. The van der Waals surface area contributed by atoms with Crippen LogP contribution in [0.4, 0.5) is 0 Å². The maximum absolute atomic E-state index is 11.9. The first-order valence-corrected chi connectivity index (χ1v) is 7.87. The molecular weight excluding hydrogens is 313 g/mol. The van der Waals surface area contributed by atoms with E-state index < -0.39 is 24.9 Å². The lowest BCUT2D eigenvalue weighted by atomic mass is 9.75. The minimum atomic E-state index is -1.79. The predicted octanol–water partition coefficient (Wildman–Crippen LogP) is 0.183. The van der Waals surface area contributed by atoms with Crippen LogP contribution in [0.3, 0.4) is 0 Å². The Kier molecular flexibility index (Phi) is 6.11. The largest absolute Gasteiger partial charge is 0.478 e. The summed E-state index contributed by atoms with van der Waals surface area (Å²) in [5, 5.41) is 30.3. The van der Waals surface area contributed by atoms with Crippen LogP contribution in [0.15, 0.2) is 24.3 Å². The molecule has 1 aromatic carbocycles. The molecule has 1 aromatic rings. The van der Waals surface area contributed by atoms with Gasteiger partial charge < -0.3 is 20.5 Å². The van der Waals surface area contributed by atoms with E-state index in [9.17, 15) is 24.4 Å². The lowest BCUT2D eigenvalue weighted by Crippen LogP contribution is -2.48. The number of rotatable bonds is 9. The third-order valence-electron chi connectivity index (χ3n) is 3.97. The second-order valence-electron chi connectivity index (χ2n) is 6.04. The molecule has 1 atom stereocenters. The third-order valence-corrected chi connectivity index (χ3v) is 3.97. The van der Waals surface area contributed by atoms with Gasteiger partial charge in [0.25, 0.3) is 0 Å². The molecule has 1 amide bonds. The first-order valence-electron chi connectivity index (χ1n) is 7.87. The number of aromatic carboxylic acids is 1. The lowest BCUT2D eigenvalue weighted by molar-refractivity contribution is -0.126. The van der Waals surface area contributed by atoms with Gasteiger partial charge in [-0.25, -0.2) is 4.79 Å². The molecule has 0 unspecified atom stereocenters. The molecule has 1 saturated carbocycles. The van der Waals surface area contributed by atoms with E-state index in [0.29, 0.717) is 5.56 Å². The van der Waals surface area contributed by atoms with Crippen molar-refractivity contribution < 1.29 is 29.5 Å². The van der Waals surface area contributed by atoms with Crippen molar-refractivity contribution in [2.45, 2.75) is 38.0 Å². The molecule has 0 radical (unpaired) electrons. The maximum atomic E-state index is 11.9. The molecule has 1 aliphatic carbocycles. The Morgan fingerprint density at radius 2 is 1.92 bits per heavy atom. The van der Waals surface area contributed by atoms with Crippen molar-refractivity contribution in [3.05, 3.63) is 35.4 Å². The van der Waals surface area contributed by atoms with Crippen LogP contribution in [0.25, 0.3) is 0 Å². The van der Waals surface area contributed by atoms with Gasteiger partial charge in [0.05, 0.1) is 11.5 Å². The van der Waals surface area contributed by atoms with Crippen molar-refractivity contribution in [3.8, 4) is 0 Å². The van der Waals surface area contributed by atoms with Gasteiger partial charge in [0, 0.05) is 18.8 Å². The predicted molar refractivity (Wildman–Crippen MR) is 86.2 cm³/mol. The molecule has 7 nitrogen and oxygen atoms in total. The summed E-state index contributed by atoms with van der Waals surface area (Å²) in [7, 11) is -1.79. The van der Waals surface area contributed by atoms with Gasteiger partial charge in [0.2, 0.25) is 5.91 Å². The molecular formula is C16H20BNO6. The monoisotopic (exact) mass is 333 g/mol. The van der Waals surface area contributed by atoms with E-state index in [4.69, 9.17) is 5.11 Å². The number of carboxylic acids is 1. The van der Waals surface area contributed by atoms with Gasteiger partial charge in [-0.2, -0.15) is 0 Å². The minimum absolute atomic E-state index is 0.00766. The van der Waals surface area contributed by atoms with Crippen LogP contribution >= 0.6 is 0 Å². The summed E-state index contributed by atoms with van der Waals surface area (Å²) < 4.78 is 0. The second kappa shape index (κ2) is 8.07. The van der Waals surface area contributed by atoms with E-state index in [0.717, 1.165) is 12.8 Å². The number of carboxylic acid groups (broad SMARTS) is 1. The first-order chi connectivity index (χ1) is 11.4.